The fourth-order valence-electron chi connectivity index (χ4n) is 1.88. The largest absolute Gasteiger partial charge is 0.469 e. The molecule has 0 aliphatic heterocycles. The van der Waals surface area contributed by atoms with Crippen LogP contribution in [0.1, 0.15) is 17.7 Å². The summed E-state index contributed by atoms with van der Waals surface area (Å²) >= 11 is 0. The monoisotopic (exact) mass is 273 g/mol. The predicted octanol–water partition coefficient (Wildman–Crippen LogP) is 1.25. The highest BCUT2D eigenvalue weighted by Crippen LogP contribution is 2.13. The van der Waals surface area contributed by atoms with E-state index in [2.05, 4.69) is 19.7 Å². The summed E-state index contributed by atoms with van der Waals surface area (Å²) in [7, 11) is 1.32. The molecule has 2 aromatic heterocycles. The van der Waals surface area contributed by atoms with Crippen LogP contribution in [0.3, 0.4) is 0 Å². The van der Waals surface area contributed by atoms with Crippen molar-refractivity contribution in [3.63, 3.8) is 0 Å². The summed E-state index contributed by atoms with van der Waals surface area (Å²) in [4.78, 5) is 34.2. The zero-order valence-corrected chi connectivity index (χ0v) is 11.3. The predicted molar refractivity (Wildman–Crippen MR) is 73.2 cm³/mol. The molecule has 6 heteroatoms. The van der Waals surface area contributed by atoms with Crippen molar-refractivity contribution >= 4 is 5.97 Å². The van der Waals surface area contributed by atoms with Gasteiger partial charge in [0.05, 0.1) is 7.11 Å². The number of rotatable bonds is 4. The summed E-state index contributed by atoms with van der Waals surface area (Å²) in [6.45, 7) is 1.76. The van der Waals surface area contributed by atoms with Gasteiger partial charge >= 0.3 is 5.97 Å². The van der Waals surface area contributed by atoms with E-state index in [1.54, 1.807) is 31.5 Å². The third-order valence-corrected chi connectivity index (χ3v) is 2.98. The number of aryl methyl sites for hydroxylation is 1. The number of carbonyl (C=O) groups excluding carboxylic acids is 1. The highest BCUT2D eigenvalue weighted by molar-refractivity contribution is 5.69. The van der Waals surface area contributed by atoms with E-state index in [4.69, 9.17) is 0 Å². The quantitative estimate of drug-likeness (QED) is 0.847. The molecule has 0 amide bonds. The van der Waals surface area contributed by atoms with Crippen LogP contribution in [0.25, 0.3) is 11.4 Å². The van der Waals surface area contributed by atoms with E-state index in [-0.39, 0.29) is 17.9 Å². The molecule has 6 nitrogen and oxygen atoms in total. The maximum atomic E-state index is 12.1. The van der Waals surface area contributed by atoms with Crippen molar-refractivity contribution in [2.75, 3.05) is 7.11 Å². The van der Waals surface area contributed by atoms with Crippen molar-refractivity contribution < 1.29 is 9.53 Å². The fraction of sp³-hybridized carbons (Fsp3) is 0.286. The van der Waals surface area contributed by atoms with Crippen LogP contribution in [0.4, 0.5) is 0 Å². The summed E-state index contributed by atoms with van der Waals surface area (Å²) in [6.07, 6.45) is 3.75. The Hall–Kier alpha value is -2.50. The molecule has 0 aliphatic carbocycles. The van der Waals surface area contributed by atoms with E-state index in [0.29, 0.717) is 23.5 Å². The Bertz CT molecular complexity index is 665. The van der Waals surface area contributed by atoms with E-state index in [0.717, 1.165) is 5.56 Å². The third-order valence-electron chi connectivity index (χ3n) is 2.98. The van der Waals surface area contributed by atoms with Gasteiger partial charge in [-0.2, -0.15) is 0 Å². The average Bonchev–Trinajstić information content (AvgIpc) is 2.46. The van der Waals surface area contributed by atoms with Crippen molar-refractivity contribution in [3.8, 4) is 11.4 Å². The Morgan fingerprint density at radius 3 is 2.65 bits per heavy atom. The molecule has 0 atom stereocenters. The number of ether oxygens (including phenoxy) is 1. The second-order valence-corrected chi connectivity index (χ2v) is 4.29. The van der Waals surface area contributed by atoms with Crippen molar-refractivity contribution in [2.45, 2.75) is 19.8 Å². The van der Waals surface area contributed by atoms with Crippen LogP contribution in [-0.2, 0) is 16.0 Å². The first-order valence-electron chi connectivity index (χ1n) is 6.19. The maximum Gasteiger partial charge on any atom is 0.305 e. The van der Waals surface area contributed by atoms with Gasteiger partial charge in [0.2, 0.25) is 0 Å². The zero-order chi connectivity index (χ0) is 14.5. The van der Waals surface area contributed by atoms with E-state index < -0.39 is 0 Å². The van der Waals surface area contributed by atoms with Gasteiger partial charge in [-0.15, -0.1) is 0 Å². The fourth-order valence-corrected chi connectivity index (χ4v) is 1.88. The number of aromatic nitrogens is 3. The Morgan fingerprint density at radius 1 is 1.35 bits per heavy atom. The summed E-state index contributed by atoms with van der Waals surface area (Å²) in [5.74, 6) is 0.152. The van der Waals surface area contributed by atoms with Crippen molar-refractivity contribution in [3.05, 3.63) is 46.1 Å². The molecule has 0 bridgehead atoms. The molecule has 0 radical (unpaired) electrons. The smallest absolute Gasteiger partial charge is 0.305 e. The van der Waals surface area contributed by atoms with Crippen molar-refractivity contribution in [1.82, 2.24) is 15.0 Å². The van der Waals surface area contributed by atoms with Gasteiger partial charge in [0, 0.05) is 35.6 Å². The first kappa shape index (κ1) is 13.9. The van der Waals surface area contributed by atoms with Gasteiger partial charge in [-0.1, -0.05) is 0 Å². The Morgan fingerprint density at radius 2 is 2.05 bits per heavy atom. The zero-order valence-electron chi connectivity index (χ0n) is 11.3. The van der Waals surface area contributed by atoms with Crippen LogP contribution >= 0.6 is 0 Å². The third kappa shape index (κ3) is 3.09. The number of pyridine rings is 1. The van der Waals surface area contributed by atoms with Crippen LogP contribution in [0.2, 0.25) is 0 Å². The van der Waals surface area contributed by atoms with Gasteiger partial charge in [-0.25, -0.2) is 4.98 Å². The van der Waals surface area contributed by atoms with Gasteiger partial charge in [0.15, 0.2) is 0 Å². The molecule has 2 rings (SSSR count). The van der Waals surface area contributed by atoms with E-state index in [9.17, 15) is 9.59 Å². The van der Waals surface area contributed by atoms with E-state index in [1.807, 2.05) is 0 Å². The molecule has 1 N–H and O–H groups in total. The molecule has 2 aromatic rings. The van der Waals surface area contributed by atoms with E-state index in [1.165, 1.54) is 7.11 Å². The molecule has 0 spiro atoms. The lowest BCUT2D eigenvalue weighted by molar-refractivity contribution is -0.140. The van der Waals surface area contributed by atoms with Crippen LogP contribution in [-0.4, -0.2) is 28.0 Å². The molecule has 104 valence electrons. The number of hydrogen-bond acceptors (Lipinski definition) is 5. The maximum absolute atomic E-state index is 12.1. The number of methoxy groups -OCH3 is 1. The first-order valence-corrected chi connectivity index (χ1v) is 6.19. The van der Waals surface area contributed by atoms with Gasteiger partial charge in [0.1, 0.15) is 5.82 Å². The number of aromatic amines is 1. The topological polar surface area (TPSA) is 84.9 Å². The molecular weight excluding hydrogens is 258 g/mol. The molecule has 2 heterocycles. The van der Waals surface area contributed by atoms with Crippen LogP contribution in [0, 0.1) is 6.92 Å². The molecule has 0 saturated carbocycles. The second kappa shape index (κ2) is 6.10. The normalized spacial score (nSPS) is 10.3. The van der Waals surface area contributed by atoms with Gasteiger partial charge in [-0.05, 0) is 25.5 Å². The number of H-pyrrole nitrogens is 1. The molecule has 0 unspecified atom stereocenters. The number of nitrogens with zero attached hydrogens (tertiary/aromatic N) is 2. The lowest BCUT2D eigenvalue weighted by Crippen LogP contribution is -2.18. The van der Waals surface area contributed by atoms with Crippen molar-refractivity contribution in [2.24, 2.45) is 0 Å². The second-order valence-electron chi connectivity index (χ2n) is 4.29. The average molecular weight is 273 g/mol. The lowest BCUT2D eigenvalue weighted by atomic mass is 10.1. The van der Waals surface area contributed by atoms with Gasteiger partial charge in [-0.3, -0.25) is 14.6 Å². The van der Waals surface area contributed by atoms with Gasteiger partial charge in [0.25, 0.3) is 5.56 Å². The molecule has 0 aromatic carbocycles. The summed E-state index contributed by atoms with van der Waals surface area (Å²) in [6, 6.07) is 3.54. The first-order chi connectivity index (χ1) is 9.61. The van der Waals surface area contributed by atoms with Gasteiger partial charge < -0.3 is 9.72 Å². The summed E-state index contributed by atoms with van der Waals surface area (Å²) < 4.78 is 4.57. The molecule has 0 fully saturated rings. The van der Waals surface area contributed by atoms with Crippen LogP contribution < -0.4 is 5.56 Å². The van der Waals surface area contributed by atoms with E-state index >= 15 is 0 Å². The molecule has 20 heavy (non-hydrogen) atoms. The minimum Gasteiger partial charge on any atom is -0.469 e. The van der Waals surface area contributed by atoms with Crippen molar-refractivity contribution in [1.29, 1.82) is 0 Å². The Balaban J connectivity index is 2.30. The Labute approximate surface area is 115 Å². The van der Waals surface area contributed by atoms with Crippen LogP contribution in [0.15, 0.2) is 29.3 Å². The minimum atomic E-state index is -0.345. The SMILES string of the molecule is COC(=O)CCc1c(C)nc(-c2ccncc2)[nH]c1=O. The molecule has 0 aliphatic rings. The highest BCUT2D eigenvalue weighted by Gasteiger charge is 2.11. The van der Waals surface area contributed by atoms with Crippen LogP contribution in [0.5, 0.6) is 0 Å². The minimum absolute atomic E-state index is 0.163. The number of esters is 1. The number of nitrogens with one attached hydrogen (secondary N) is 1. The summed E-state index contributed by atoms with van der Waals surface area (Å²) in [5, 5.41) is 0. The Kier molecular flexibility index (Phi) is 4.24. The standard InChI is InChI=1S/C14H15N3O3/c1-9-11(3-4-12(18)20-2)14(19)17-13(16-9)10-5-7-15-8-6-10/h5-8H,3-4H2,1-2H3,(H,16,17,19). The summed E-state index contributed by atoms with van der Waals surface area (Å²) in [5.41, 5.74) is 1.69. The number of hydrogen-bond donors (Lipinski definition) is 1. The molecular formula is C14H15N3O3. The number of carbonyl (C=O) groups is 1. The molecule has 0 saturated heterocycles. The highest BCUT2D eigenvalue weighted by atomic mass is 16.5. The lowest BCUT2D eigenvalue weighted by Gasteiger charge is -2.06.